The van der Waals surface area contributed by atoms with Gasteiger partial charge in [0.1, 0.15) is 17.6 Å². The molecule has 0 aliphatic carbocycles. The van der Waals surface area contributed by atoms with Gasteiger partial charge in [-0.1, -0.05) is 24.3 Å². The number of hydrogen-bond acceptors (Lipinski definition) is 4. The zero-order valence-electron chi connectivity index (χ0n) is 16.7. The van der Waals surface area contributed by atoms with Gasteiger partial charge in [-0.2, -0.15) is 5.26 Å². The zero-order valence-corrected chi connectivity index (χ0v) is 16.7. The molecule has 0 fully saturated rings. The number of methoxy groups -OCH3 is 1. The number of hydrogen-bond donors (Lipinski definition) is 1. The van der Waals surface area contributed by atoms with Gasteiger partial charge >= 0.3 is 6.03 Å². The number of urea groups is 1. The maximum Gasteiger partial charge on any atom is 0.318 e. The fourth-order valence-electron chi connectivity index (χ4n) is 3.07. The lowest BCUT2D eigenvalue weighted by Crippen LogP contribution is -2.40. The predicted molar refractivity (Wildman–Crippen MR) is 109 cm³/mol. The molecule has 148 valence electrons. The molecule has 3 aromatic rings. The molecule has 1 atom stereocenters. The lowest BCUT2D eigenvalue weighted by Gasteiger charge is -2.24. The van der Waals surface area contributed by atoms with Crippen LogP contribution in [0.15, 0.2) is 60.9 Å². The minimum Gasteiger partial charge on any atom is -0.497 e. The third kappa shape index (κ3) is 4.74. The highest BCUT2D eigenvalue weighted by Gasteiger charge is 2.22. The first-order valence-corrected chi connectivity index (χ1v) is 9.13. The number of nitrogens with zero attached hydrogens (tertiary/aromatic N) is 4. The number of rotatable bonds is 6. The number of amides is 2. The van der Waals surface area contributed by atoms with Gasteiger partial charge in [0.25, 0.3) is 0 Å². The van der Waals surface area contributed by atoms with E-state index in [9.17, 15) is 4.79 Å². The van der Waals surface area contributed by atoms with Crippen molar-refractivity contribution in [3.63, 3.8) is 0 Å². The monoisotopic (exact) mass is 389 g/mol. The van der Waals surface area contributed by atoms with Crippen molar-refractivity contribution in [2.45, 2.75) is 12.6 Å². The number of carbonyl (C=O) groups excluding carboxylic acids is 1. The minimum absolute atomic E-state index is 0.240. The van der Waals surface area contributed by atoms with Crippen molar-refractivity contribution < 1.29 is 9.53 Å². The van der Waals surface area contributed by atoms with Crippen LogP contribution in [0.25, 0.3) is 0 Å². The molecule has 0 saturated carbocycles. The van der Waals surface area contributed by atoms with E-state index in [1.54, 1.807) is 37.4 Å². The van der Waals surface area contributed by atoms with Crippen LogP contribution in [0.1, 0.15) is 28.6 Å². The molecule has 1 aromatic heterocycles. The Balaban J connectivity index is 1.80. The van der Waals surface area contributed by atoms with Crippen molar-refractivity contribution >= 4 is 6.03 Å². The third-order valence-corrected chi connectivity index (χ3v) is 4.66. The van der Waals surface area contributed by atoms with E-state index in [1.165, 1.54) is 0 Å². The Bertz CT molecular complexity index is 1020. The first kappa shape index (κ1) is 20.0. The van der Waals surface area contributed by atoms with Crippen LogP contribution < -0.4 is 10.1 Å². The van der Waals surface area contributed by atoms with Crippen molar-refractivity contribution in [3.8, 4) is 11.8 Å². The predicted octanol–water partition coefficient (Wildman–Crippen LogP) is 3.23. The number of aromatic nitrogens is 2. The highest BCUT2D eigenvalue weighted by molar-refractivity contribution is 5.75. The Labute approximate surface area is 170 Å². The Kier molecular flexibility index (Phi) is 6.15. The molecule has 1 N–H and O–H groups in total. The van der Waals surface area contributed by atoms with Crippen molar-refractivity contribution in [1.29, 1.82) is 5.26 Å². The summed E-state index contributed by atoms with van der Waals surface area (Å²) in [6, 6.07) is 16.2. The van der Waals surface area contributed by atoms with Gasteiger partial charge in [0, 0.05) is 33.0 Å². The van der Waals surface area contributed by atoms with Crippen molar-refractivity contribution in [2.75, 3.05) is 14.2 Å². The van der Waals surface area contributed by atoms with Gasteiger partial charge in [-0.05, 0) is 35.4 Å². The Morgan fingerprint density at radius 1 is 1.31 bits per heavy atom. The summed E-state index contributed by atoms with van der Waals surface area (Å²) in [6.45, 7) is 0.386. The van der Waals surface area contributed by atoms with Gasteiger partial charge in [0.05, 0.1) is 18.7 Å². The highest BCUT2D eigenvalue weighted by Crippen LogP contribution is 2.23. The van der Waals surface area contributed by atoms with E-state index in [0.29, 0.717) is 12.1 Å². The van der Waals surface area contributed by atoms with Crippen LogP contribution in [0.5, 0.6) is 5.75 Å². The van der Waals surface area contributed by atoms with Crippen LogP contribution in [-0.2, 0) is 13.6 Å². The average molecular weight is 389 g/mol. The molecule has 29 heavy (non-hydrogen) atoms. The smallest absolute Gasteiger partial charge is 0.318 e. The molecule has 0 radical (unpaired) electrons. The van der Waals surface area contributed by atoms with Crippen molar-refractivity contribution in [2.24, 2.45) is 7.05 Å². The second-order valence-corrected chi connectivity index (χ2v) is 6.72. The van der Waals surface area contributed by atoms with Gasteiger partial charge < -0.3 is 19.5 Å². The summed E-state index contributed by atoms with van der Waals surface area (Å²) in [5.41, 5.74) is 2.36. The fourth-order valence-corrected chi connectivity index (χ4v) is 3.07. The maximum atomic E-state index is 12.9. The Morgan fingerprint density at radius 3 is 2.69 bits per heavy atom. The minimum atomic E-state index is -0.415. The maximum absolute atomic E-state index is 12.9. The summed E-state index contributed by atoms with van der Waals surface area (Å²) in [5.74, 6) is 1.47. The second kappa shape index (κ2) is 8.93. The van der Waals surface area contributed by atoms with Crippen LogP contribution in [-0.4, -0.2) is 34.6 Å². The summed E-state index contributed by atoms with van der Waals surface area (Å²) >= 11 is 0. The molecule has 0 saturated heterocycles. The van der Waals surface area contributed by atoms with Crippen molar-refractivity contribution in [3.05, 3.63) is 83.4 Å². The zero-order chi connectivity index (χ0) is 20.8. The lowest BCUT2D eigenvalue weighted by molar-refractivity contribution is 0.204. The molecule has 1 heterocycles. The molecule has 0 spiro atoms. The molecule has 7 heteroatoms. The lowest BCUT2D eigenvalue weighted by atomic mass is 10.1. The highest BCUT2D eigenvalue weighted by atomic mass is 16.5. The van der Waals surface area contributed by atoms with Crippen LogP contribution in [0.2, 0.25) is 0 Å². The average Bonchev–Trinajstić information content (AvgIpc) is 3.17. The first-order chi connectivity index (χ1) is 14.0. The molecule has 3 rings (SSSR count). The summed E-state index contributed by atoms with van der Waals surface area (Å²) in [7, 11) is 5.23. The largest absolute Gasteiger partial charge is 0.497 e. The van der Waals surface area contributed by atoms with E-state index in [2.05, 4.69) is 16.4 Å². The first-order valence-electron chi connectivity index (χ1n) is 9.13. The van der Waals surface area contributed by atoms with Crippen molar-refractivity contribution in [1.82, 2.24) is 19.8 Å². The molecule has 1 unspecified atom stereocenters. The molecular formula is C22H23N5O2. The van der Waals surface area contributed by atoms with Crippen LogP contribution in [0.4, 0.5) is 4.79 Å². The van der Waals surface area contributed by atoms with Crippen LogP contribution in [0.3, 0.4) is 0 Å². The van der Waals surface area contributed by atoms with Crippen LogP contribution in [0, 0.1) is 11.3 Å². The topological polar surface area (TPSA) is 83.2 Å². The summed E-state index contributed by atoms with van der Waals surface area (Å²) < 4.78 is 7.11. The summed E-state index contributed by atoms with van der Waals surface area (Å²) in [5, 5.41) is 12.1. The number of imidazole rings is 1. The fraction of sp³-hybridized carbons (Fsp3) is 0.227. The number of aryl methyl sites for hydroxylation is 1. The normalized spacial score (nSPS) is 11.4. The molecule has 2 amide bonds. The molecular weight excluding hydrogens is 366 g/mol. The van der Waals surface area contributed by atoms with Gasteiger partial charge in [-0.3, -0.25) is 0 Å². The van der Waals surface area contributed by atoms with E-state index in [1.807, 2.05) is 54.2 Å². The molecule has 7 nitrogen and oxygen atoms in total. The van der Waals surface area contributed by atoms with Gasteiger partial charge in [0.15, 0.2) is 0 Å². The number of nitriles is 1. The quantitative estimate of drug-likeness (QED) is 0.702. The van der Waals surface area contributed by atoms with Gasteiger partial charge in [0.2, 0.25) is 0 Å². The molecule has 0 aliphatic heterocycles. The Morgan fingerprint density at radius 2 is 2.07 bits per heavy atom. The summed E-state index contributed by atoms with van der Waals surface area (Å²) in [6.07, 6.45) is 3.55. The van der Waals surface area contributed by atoms with E-state index in [0.717, 1.165) is 22.7 Å². The van der Waals surface area contributed by atoms with E-state index < -0.39 is 6.04 Å². The SMILES string of the molecule is COc1ccc(C(NC(=O)N(C)Cc2cccc(C#N)c2)c2nccn2C)cc1. The molecule has 0 aliphatic rings. The Hall–Kier alpha value is -3.79. The van der Waals surface area contributed by atoms with E-state index >= 15 is 0 Å². The van der Waals surface area contributed by atoms with E-state index in [-0.39, 0.29) is 6.03 Å². The van der Waals surface area contributed by atoms with E-state index in [4.69, 9.17) is 10.00 Å². The third-order valence-electron chi connectivity index (χ3n) is 4.66. The standard InChI is InChI=1S/C22H23N5O2/c1-26-12-11-24-21(26)20(18-7-9-19(29-3)10-8-18)25-22(28)27(2)15-17-6-4-5-16(13-17)14-23/h4-13,20H,15H2,1-3H3,(H,25,28). The van der Waals surface area contributed by atoms with Gasteiger partial charge in [-0.15, -0.1) is 0 Å². The summed E-state index contributed by atoms with van der Waals surface area (Å²) in [4.78, 5) is 18.9. The number of nitrogens with one attached hydrogen (secondary N) is 1. The number of ether oxygens (including phenoxy) is 1. The number of benzene rings is 2. The van der Waals surface area contributed by atoms with Gasteiger partial charge in [-0.25, -0.2) is 9.78 Å². The second-order valence-electron chi connectivity index (χ2n) is 6.72. The molecule has 2 aromatic carbocycles. The number of carbonyl (C=O) groups is 1. The van der Waals surface area contributed by atoms with Crippen LogP contribution >= 0.6 is 0 Å². The molecule has 0 bridgehead atoms.